The molecule has 126 valence electrons. The molecule has 0 spiro atoms. The molecule has 0 bridgehead atoms. The number of rotatable bonds is 3. The van der Waals surface area contributed by atoms with Gasteiger partial charge in [0.05, 0.1) is 4.90 Å². The van der Waals surface area contributed by atoms with Crippen LogP contribution in [-0.2, 0) is 22.0 Å². The number of nitrogens with zero attached hydrogens (tertiary/aromatic N) is 1. The number of halogens is 2. The second kappa shape index (κ2) is 5.82. The number of ether oxygens (including phenoxy) is 1. The second-order valence-corrected chi connectivity index (χ2v) is 8.44. The van der Waals surface area contributed by atoms with Gasteiger partial charge >= 0.3 is 0 Å². The van der Waals surface area contributed by atoms with Crippen LogP contribution in [-0.4, -0.2) is 25.8 Å². The minimum atomic E-state index is -3.43. The molecule has 7 heteroatoms. The zero-order chi connectivity index (χ0) is 16.9. The van der Waals surface area contributed by atoms with E-state index in [9.17, 15) is 12.8 Å². The molecule has 4 rings (SSSR count). The molecule has 2 aromatic carbocycles. The minimum absolute atomic E-state index is 0.269. The molecule has 2 heterocycles. The molecule has 2 aromatic rings. The Bertz CT molecular complexity index is 926. The van der Waals surface area contributed by atoms with Gasteiger partial charge in [-0.25, -0.2) is 12.8 Å². The van der Waals surface area contributed by atoms with Gasteiger partial charge in [0.15, 0.2) is 0 Å². The molecule has 1 saturated heterocycles. The standard InChI is InChI=1S/C17H15BrFNO3S/c18-9-11-7-17-15(8-16(11)19)14-3-2-13(6-12(14)10-23-17)24(21,22)20-4-1-5-20/h2-3,6-8H,1,4-5,9-10H2. The van der Waals surface area contributed by atoms with Crippen molar-refractivity contribution in [2.24, 2.45) is 0 Å². The first-order valence-corrected chi connectivity index (χ1v) is 10.2. The molecule has 0 N–H and O–H groups in total. The van der Waals surface area contributed by atoms with E-state index >= 15 is 0 Å². The van der Waals surface area contributed by atoms with Crippen LogP contribution in [0.3, 0.4) is 0 Å². The lowest BCUT2D eigenvalue weighted by Crippen LogP contribution is -2.41. The molecule has 2 aliphatic rings. The van der Waals surface area contributed by atoms with Crippen molar-refractivity contribution in [1.82, 2.24) is 4.31 Å². The van der Waals surface area contributed by atoms with Gasteiger partial charge in [-0.15, -0.1) is 0 Å². The monoisotopic (exact) mass is 411 g/mol. The predicted octanol–water partition coefficient (Wildman–Crippen LogP) is 3.67. The third-order valence-corrected chi connectivity index (χ3v) is 6.99. The third-order valence-electron chi connectivity index (χ3n) is 4.50. The maximum Gasteiger partial charge on any atom is 0.243 e. The Morgan fingerprint density at radius 1 is 1.17 bits per heavy atom. The van der Waals surface area contributed by atoms with E-state index in [0.29, 0.717) is 35.3 Å². The van der Waals surface area contributed by atoms with Gasteiger partial charge in [0.25, 0.3) is 0 Å². The molecule has 0 atom stereocenters. The number of benzene rings is 2. The van der Waals surface area contributed by atoms with Crippen molar-refractivity contribution in [3.63, 3.8) is 0 Å². The summed E-state index contributed by atoms with van der Waals surface area (Å²) in [5.41, 5.74) is 2.77. The molecule has 2 aliphatic heterocycles. The van der Waals surface area contributed by atoms with Crippen molar-refractivity contribution in [3.8, 4) is 16.9 Å². The molecule has 0 amide bonds. The SMILES string of the molecule is O=S(=O)(c1ccc2c(c1)COc1cc(CBr)c(F)cc1-2)N1CCC1. The van der Waals surface area contributed by atoms with Crippen LogP contribution < -0.4 is 4.74 Å². The van der Waals surface area contributed by atoms with Gasteiger partial charge < -0.3 is 4.74 Å². The first-order chi connectivity index (χ1) is 11.5. The van der Waals surface area contributed by atoms with E-state index in [2.05, 4.69) is 15.9 Å². The highest BCUT2D eigenvalue weighted by Gasteiger charge is 2.30. The summed E-state index contributed by atoms with van der Waals surface area (Å²) >= 11 is 3.26. The van der Waals surface area contributed by atoms with Crippen LogP contribution in [0.2, 0.25) is 0 Å². The summed E-state index contributed by atoms with van der Waals surface area (Å²) in [6.07, 6.45) is 0.899. The van der Waals surface area contributed by atoms with E-state index < -0.39 is 10.0 Å². The highest BCUT2D eigenvalue weighted by Crippen LogP contribution is 2.40. The summed E-state index contributed by atoms with van der Waals surface area (Å²) in [5.74, 6) is 0.316. The first-order valence-electron chi connectivity index (χ1n) is 7.65. The molecule has 0 unspecified atom stereocenters. The van der Waals surface area contributed by atoms with Crippen LogP contribution in [0.1, 0.15) is 17.5 Å². The van der Waals surface area contributed by atoms with Gasteiger partial charge in [-0.05, 0) is 41.8 Å². The number of sulfonamides is 1. The Morgan fingerprint density at radius 2 is 1.96 bits per heavy atom. The van der Waals surface area contributed by atoms with E-state index in [0.717, 1.165) is 17.5 Å². The molecule has 1 fully saturated rings. The van der Waals surface area contributed by atoms with Crippen LogP contribution >= 0.6 is 15.9 Å². The average Bonchev–Trinajstić information content (AvgIpc) is 2.51. The number of hydrogen-bond donors (Lipinski definition) is 0. The van der Waals surface area contributed by atoms with E-state index in [1.54, 1.807) is 24.3 Å². The molecule has 0 aromatic heterocycles. The van der Waals surface area contributed by atoms with E-state index in [1.807, 2.05) is 0 Å². The van der Waals surface area contributed by atoms with Crippen molar-refractivity contribution < 1.29 is 17.5 Å². The van der Waals surface area contributed by atoms with Gasteiger partial charge in [-0.1, -0.05) is 22.0 Å². The molecular weight excluding hydrogens is 397 g/mol. The topological polar surface area (TPSA) is 46.6 Å². The van der Waals surface area contributed by atoms with Gasteiger partial charge in [0.2, 0.25) is 10.0 Å². The van der Waals surface area contributed by atoms with E-state index in [1.165, 1.54) is 10.4 Å². The Labute approximate surface area is 148 Å². The maximum atomic E-state index is 14.1. The van der Waals surface area contributed by atoms with E-state index in [-0.39, 0.29) is 17.3 Å². The van der Waals surface area contributed by atoms with Crippen molar-refractivity contribution in [2.75, 3.05) is 13.1 Å². The molecule has 0 aliphatic carbocycles. The maximum absolute atomic E-state index is 14.1. The van der Waals surface area contributed by atoms with Crippen LogP contribution in [0.25, 0.3) is 11.1 Å². The predicted molar refractivity (Wildman–Crippen MR) is 92.2 cm³/mol. The highest BCUT2D eigenvalue weighted by atomic mass is 79.9. The van der Waals surface area contributed by atoms with Gasteiger partial charge in [0.1, 0.15) is 18.2 Å². The zero-order valence-corrected chi connectivity index (χ0v) is 15.2. The normalized spacial score (nSPS) is 16.8. The summed E-state index contributed by atoms with van der Waals surface area (Å²) < 4.78 is 46.3. The summed E-state index contributed by atoms with van der Waals surface area (Å²) in [6.45, 7) is 1.41. The summed E-state index contributed by atoms with van der Waals surface area (Å²) in [7, 11) is -3.43. The second-order valence-electron chi connectivity index (χ2n) is 5.94. The lowest BCUT2D eigenvalue weighted by Gasteiger charge is -2.30. The van der Waals surface area contributed by atoms with Crippen molar-refractivity contribution in [1.29, 1.82) is 0 Å². The smallest absolute Gasteiger partial charge is 0.243 e. The third kappa shape index (κ3) is 2.46. The van der Waals surface area contributed by atoms with Crippen LogP contribution in [0.15, 0.2) is 35.2 Å². The lowest BCUT2D eigenvalue weighted by atomic mass is 9.96. The molecule has 0 radical (unpaired) electrons. The fourth-order valence-corrected chi connectivity index (χ4v) is 4.97. The summed E-state index contributed by atoms with van der Waals surface area (Å²) in [5, 5.41) is 0.412. The average molecular weight is 412 g/mol. The van der Waals surface area contributed by atoms with Gasteiger partial charge in [-0.2, -0.15) is 4.31 Å². The molecule has 0 saturated carbocycles. The summed E-state index contributed by atoms with van der Waals surface area (Å²) in [6, 6.07) is 8.12. The van der Waals surface area contributed by atoms with Crippen LogP contribution in [0.5, 0.6) is 5.75 Å². The number of hydrogen-bond acceptors (Lipinski definition) is 3. The Balaban J connectivity index is 1.79. The Kier molecular flexibility index (Phi) is 3.89. The fraction of sp³-hybridized carbons (Fsp3) is 0.294. The molecule has 4 nitrogen and oxygen atoms in total. The zero-order valence-electron chi connectivity index (χ0n) is 12.8. The quantitative estimate of drug-likeness (QED) is 0.723. The minimum Gasteiger partial charge on any atom is -0.488 e. The van der Waals surface area contributed by atoms with Crippen molar-refractivity contribution in [2.45, 2.75) is 23.3 Å². The van der Waals surface area contributed by atoms with Gasteiger partial charge in [0, 0.05) is 29.5 Å². The Morgan fingerprint density at radius 3 is 2.62 bits per heavy atom. The fourth-order valence-electron chi connectivity index (χ4n) is 2.97. The Hall–Kier alpha value is -1.44. The van der Waals surface area contributed by atoms with Crippen LogP contribution in [0.4, 0.5) is 4.39 Å². The summed E-state index contributed by atoms with van der Waals surface area (Å²) in [4.78, 5) is 0.269. The molecular formula is C17H15BrFNO3S. The van der Waals surface area contributed by atoms with Crippen LogP contribution in [0, 0.1) is 5.82 Å². The van der Waals surface area contributed by atoms with Gasteiger partial charge in [-0.3, -0.25) is 0 Å². The number of alkyl halides is 1. The van der Waals surface area contributed by atoms with Crippen molar-refractivity contribution in [3.05, 3.63) is 47.3 Å². The van der Waals surface area contributed by atoms with E-state index in [4.69, 9.17) is 4.74 Å². The number of fused-ring (bicyclic) bond motifs is 3. The first kappa shape index (κ1) is 16.1. The largest absolute Gasteiger partial charge is 0.488 e. The van der Waals surface area contributed by atoms with Crippen molar-refractivity contribution >= 4 is 26.0 Å². The molecule has 24 heavy (non-hydrogen) atoms. The lowest BCUT2D eigenvalue weighted by molar-refractivity contribution is 0.300. The highest BCUT2D eigenvalue weighted by molar-refractivity contribution is 9.08.